The van der Waals surface area contributed by atoms with E-state index in [-0.39, 0.29) is 6.04 Å². The number of methoxy groups -OCH3 is 1. The highest BCUT2D eigenvalue weighted by Gasteiger charge is 2.22. The van der Waals surface area contributed by atoms with Gasteiger partial charge in [0.2, 0.25) is 0 Å². The van der Waals surface area contributed by atoms with Crippen LogP contribution in [0.4, 0.5) is 0 Å². The second-order valence-corrected chi connectivity index (χ2v) is 5.98. The summed E-state index contributed by atoms with van der Waals surface area (Å²) in [6, 6.07) is 17.1. The summed E-state index contributed by atoms with van der Waals surface area (Å²) in [6.45, 7) is 5.34. The van der Waals surface area contributed by atoms with E-state index in [2.05, 4.69) is 71.5 Å². The van der Waals surface area contributed by atoms with Crippen LogP contribution in [-0.4, -0.2) is 13.7 Å². The lowest BCUT2D eigenvalue weighted by Gasteiger charge is -2.27. The van der Waals surface area contributed by atoms with Gasteiger partial charge in [-0.15, -0.1) is 0 Å². The zero-order valence-corrected chi connectivity index (χ0v) is 14.4. The first kappa shape index (κ1) is 16.1. The monoisotopic (exact) mass is 347 g/mol. The van der Waals surface area contributed by atoms with Gasteiger partial charge in [0.25, 0.3) is 0 Å². The van der Waals surface area contributed by atoms with E-state index in [0.717, 1.165) is 16.8 Å². The fourth-order valence-corrected chi connectivity index (χ4v) is 3.22. The molecular weight excluding hydrogens is 326 g/mol. The third kappa shape index (κ3) is 3.86. The van der Waals surface area contributed by atoms with Crippen LogP contribution in [0.5, 0.6) is 5.75 Å². The Morgan fingerprint density at radius 1 is 1.14 bits per heavy atom. The van der Waals surface area contributed by atoms with E-state index in [1.165, 1.54) is 11.1 Å². The number of hydrogen-bond donors (Lipinski definition) is 1. The number of rotatable bonds is 6. The van der Waals surface area contributed by atoms with Gasteiger partial charge in [-0.05, 0) is 29.8 Å². The lowest BCUT2D eigenvalue weighted by Crippen LogP contribution is -2.26. The molecule has 0 aliphatic heterocycles. The van der Waals surface area contributed by atoms with Crippen molar-refractivity contribution in [2.45, 2.75) is 25.8 Å². The molecule has 2 unspecified atom stereocenters. The average Bonchev–Trinajstić information content (AvgIpc) is 2.53. The molecular formula is C18H22BrNO. The third-order valence-electron chi connectivity index (χ3n) is 3.79. The molecule has 0 bridgehead atoms. The Hall–Kier alpha value is -1.32. The van der Waals surface area contributed by atoms with E-state index in [1.807, 2.05) is 12.1 Å². The minimum Gasteiger partial charge on any atom is -0.497 e. The molecule has 0 heterocycles. The summed E-state index contributed by atoms with van der Waals surface area (Å²) in [5, 5.41) is 3.60. The minimum absolute atomic E-state index is 0.262. The number of ether oxygens (including phenoxy) is 1. The van der Waals surface area contributed by atoms with Gasteiger partial charge in [-0.1, -0.05) is 66.2 Å². The van der Waals surface area contributed by atoms with Gasteiger partial charge in [0, 0.05) is 16.4 Å². The summed E-state index contributed by atoms with van der Waals surface area (Å²) in [4.78, 5) is 0. The van der Waals surface area contributed by atoms with Gasteiger partial charge < -0.3 is 10.1 Å². The van der Waals surface area contributed by atoms with Crippen molar-refractivity contribution >= 4 is 15.9 Å². The molecule has 0 saturated heterocycles. The maximum atomic E-state index is 5.28. The summed E-state index contributed by atoms with van der Waals surface area (Å²) in [5.74, 6) is 1.25. The lowest BCUT2D eigenvalue weighted by molar-refractivity contribution is 0.413. The van der Waals surface area contributed by atoms with Gasteiger partial charge in [-0.25, -0.2) is 0 Å². The molecule has 112 valence electrons. The van der Waals surface area contributed by atoms with Gasteiger partial charge in [-0.3, -0.25) is 0 Å². The fourth-order valence-electron chi connectivity index (χ4n) is 2.61. The third-order valence-corrected chi connectivity index (χ3v) is 4.48. The maximum Gasteiger partial charge on any atom is 0.120 e. The van der Waals surface area contributed by atoms with E-state index in [0.29, 0.717) is 5.92 Å². The van der Waals surface area contributed by atoms with Gasteiger partial charge >= 0.3 is 0 Å². The molecule has 0 fully saturated rings. The van der Waals surface area contributed by atoms with E-state index in [1.54, 1.807) is 7.11 Å². The van der Waals surface area contributed by atoms with Crippen molar-refractivity contribution in [1.82, 2.24) is 5.32 Å². The van der Waals surface area contributed by atoms with Crippen molar-refractivity contribution in [2.75, 3.05) is 13.7 Å². The molecule has 0 spiro atoms. The molecule has 0 aliphatic carbocycles. The van der Waals surface area contributed by atoms with Crippen molar-refractivity contribution in [1.29, 1.82) is 0 Å². The molecule has 3 heteroatoms. The van der Waals surface area contributed by atoms with E-state index >= 15 is 0 Å². The molecule has 2 atom stereocenters. The summed E-state index contributed by atoms with van der Waals surface area (Å²) in [6.07, 6.45) is 0. The Kier molecular flexibility index (Phi) is 5.83. The number of hydrogen-bond acceptors (Lipinski definition) is 2. The molecule has 2 rings (SSSR count). The van der Waals surface area contributed by atoms with Crippen LogP contribution in [-0.2, 0) is 0 Å². The Balaban J connectivity index is 2.34. The van der Waals surface area contributed by atoms with E-state index < -0.39 is 0 Å². The van der Waals surface area contributed by atoms with E-state index in [9.17, 15) is 0 Å². The summed E-state index contributed by atoms with van der Waals surface area (Å²) >= 11 is 3.68. The van der Waals surface area contributed by atoms with Gasteiger partial charge in [0.15, 0.2) is 0 Å². The molecule has 0 saturated carbocycles. The van der Waals surface area contributed by atoms with Crippen molar-refractivity contribution in [3.63, 3.8) is 0 Å². The topological polar surface area (TPSA) is 21.3 Å². The SMILES string of the molecule is CCNC(c1ccc(OC)cc1Br)C(C)c1ccccc1. The standard InChI is InChI=1S/C18H22BrNO/c1-4-20-18(13(2)14-8-6-5-7-9-14)16-11-10-15(21-3)12-17(16)19/h5-13,18,20H,4H2,1-3H3. The van der Waals surface area contributed by atoms with Gasteiger partial charge in [-0.2, -0.15) is 0 Å². The Bertz CT molecular complexity index is 571. The number of likely N-dealkylation sites (N-methyl/N-ethyl adjacent to an activating group) is 1. The molecule has 0 aliphatic rings. The number of halogens is 1. The van der Waals surface area contributed by atoms with Crippen LogP contribution < -0.4 is 10.1 Å². The van der Waals surface area contributed by atoms with Crippen molar-refractivity contribution in [3.8, 4) is 5.75 Å². The predicted octanol–water partition coefficient (Wildman–Crippen LogP) is 4.91. The molecule has 21 heavy (non-hydrogen) atoms. The maximum absolute atomic E-state index is 5.28. The van der Waals surface area contributed by atoms with Crippen molar-refractivity contribution in [2.24, 2.45) is 0 Å². The molecule has 2 nitrogen and oxygen atoms in total. The van der Waals surface area contributed by atoms with Crippen LogP contribution in [0.3, 0.4) is 0 Å². The molecule has 2 aromatic carbocycles. The van der Waals surface area contributed by atoms with Crippen molar-refractivity contribution < 1.29 is 4.74 Å². The Labute approximate surface area is 135 Å². The highest BCUT2D eigenvalue weighted by Crippen LogP contribution is 2.36. The smallest absolute Gasteiger partial charge is 0.120 e. The normalized spacial score (nSPS) is 13.7. The van der Waals surface area contributed by atoms with Crippen LogP contribution in [0, 0.1) is 0 Å². The minimum atomic E-state index is 0.262. The first-order chi connectivity index (χ1) is 10.2. The van der Waals surface area contributed by atoms with Gasteiger partial charge in [0.1, 0.15) is 5.75 Å². The van der Waals surface area contributed by atoms with Crippen molar-refractivity contribution in [3.05, 3.63) is 64.1 Å². The van der Waals surface area contributed by atoms with Crippen LogP contribution in [0.25, 0.3) is 0 Å². The van der Waals surface area contributed by atoms with Gasteiger partial charge in [0.05, 0.1) is 7.11 Å². The lowest BCUT2D eigenvalue weighted by atomic mass is 9.88. The molecule has 0 radical (unpaired) electrons. The first-order valence-corrected chi connectivity index (χ1v) is 8.08. The van der Waals surface area contributed by atoms with E-state index in [4.69, 9.17) is 4.74 Å². The first-order valence-electron chi connectivity index (χ1n) is 7.29. The number of nitrogens with one attached hydrogen (secondary N) is 1. The summed E-state index contributed by atoms with van der Waals surface area (Å²) in [5.41, 5.74) is 2.60. The summed E-state index contributed by atoms with van der Waals surface area (Å²) in [7, 11) is 1.69. The van der Waals surface area contributed by atoms with Crippen LogP contribution >= 0.6 is 15.9 Å². The second-order valence-electron chi connectivity index (χ2n) is 5.12. The highest BCUT2D eigenvalue weighted by atomic mass is 79.9. The fraction of sp³-hybridized carbons (Fsp3) is 0.333. The van der Waals surface area contributed by atoms with Crippen LogP contribution in [0.1, 0.15) is 36.9 Å². The quantitative estimate of drug-likeness (QED) is 0.801. The van der Waals surface area contributed by atoms with Crippen LogP contribution in [0.15, 0.2) is 53.0 Å². The summed E-state index contributed by atoms with van der Waals surface area (Å²) < 4.78 is 6.36. The van der Waals surface area contributed by atoms with Crippen LogP contribution in [0.2, 0.25) is 0 Å². The molecule has 1 N–H and O–H groups in total. The average molecular weight is 348 g/mol. The zero-order chi connectivity index (χ0) is 15.2. The molecule has 0 amide bonds. The number of benzene rings is 2. The predicted molar refractivity (Wildman–Crippen MR) is 92.0 cm³/mol. The Morgan fingerprint density at radius 2 is 1.86 bits per heavy atom. The zero-order valence-electron chi connectivity index (χ0n) is 12.8. The molecule has 2 aromatic rings. The molecule has 0 aromatic heterocycles. The second kappa shape index (κ2) is 7.62. The largest absolute Gasteiger partial charge is 0.497 e. The highest BCUT2D eigenvalue weighted by molar-refractivity contribution is 9.10. The Morgan fingerprint density at radius 3 is 2.43 bits per heavy atom.